The molecule has 0 aromatic heterocycles. The van der Waals surface area contributed by atoms with Crippen LogP contribution in [-0.2, 0) is 4.74 Å². The highest BCUT2D eigenvalue weighted by Crippen LogP contribution is 2.08. The van der Waals surface area contributed by atoms with Gasteiger partial charge in [0.05, 0.1) is 5.04 Å². The Hall–Kier alpha value is -0.0200. The summed E-state index contributed by atoms with van der Waals surface area (Å²) in [4.78, 5) is 3.99. The molecule has 40 valence electrons. The second-order valence-corrected chi connectivity index (χ2v) is 2.39. The molecule has 0 aromatic carbocycles. The molecule has 0 aliphatic carbocycles. The monoisotopic (exact) mass is 117 g/mol. The summed E-state index contributed by atoms with van der Waals surface area (Å²) in [5.41, 5.74) is 0. The van der Waals surface area contributed by atoms with E-state index >= 15 is 0 Å². The zero-order valence-electron chi connectivity index (χ0n) is 4.18. The lowest BCUT2D eigenvalue weighted by Gasteiger charge is -2.06. The molecule has 7 heavy (non-hydrogen) atoms. The summed E-state index contributed by atoms with van der Waals surface area (Å²) >= 11 is 1.65. The van der Waals surface area contributed by atoms with E-state index in [0.29, 0.717) is 6.73 Å². The Labute approximate surface area is 47.0 Å². The number of hydrogen-bond acceptors (Lipinski definition) is 3. The van der Waals surface area contributed by atoms with Gasteiger partial charge in [-0.1, -0.05) is 11.8 Å². The van der Waals surface area contributed by atoms with Gasteiger partial charge in [0.1, 0.15) is 12.7 Å². The topological polar surface area (TPSA) is 21.6 Å². The van der Waals surface area contributed by atoms with Crippen LogP contribution in [0.3, 0.4) is 0 Å². The summed E-state index contributed by atoms with van der Waals surface area (Å²) in [5.74, 6) is 0.773. The lowest BCUT2D eigenvalue weighted by molar-refractivity contribution is 0.191. The van der Waals surface area contributed by atoms with Crippen molar-refractivity contribution in [3.63, 3.8) is 0 Å². The SMILES string of the molecule is CC1=NCOCS1. The molecule has 2 nitrogen and oxygen atoms in total. The Kier molecular flexibility index (Phi) is 1.70. The lowest BCUT2D eigenvalue weighted by atomic mass is 10.9. The molecule has 1 aliphatic heterocycles. The Morgan fingerprint density at radius 2 is 2.71 bits per heavy atom. The van der Waals surface area contributed by atoms with E-state index in [-0.39, 0.29) is 0 Å². The van der Waals surface area contributed by atoms with Crippen molar-refractivity contribution < 1.29 is 4.74 Å². The van der Waals surface area contributed by atoms with Crippen molar-refractivity contribution in [2.24, 2.45) is 4.99 Å². The molecule has 0 aromatic rings. The van der Waals surface area contributed by atoms with Crippen LogP contribution < -0.4 is 0 Å². The molecular weight excluding hydrogens is 110 g/mol. The third kappa shape index (κ3) is 1.49. The van der Waals surface area contributed by atoms with Crippen LogP contribution in [0.1, 0.15) is 6.92 Å². The van der Waals surface area contributed by atoms with Gasteiger partial charge < -0.3 is 4.74 Å². The highest BCUT2D eigenvalue weighted by atomic mass is 32.2. The fraction of sp³-hybridized carbons (Fsp3) is 0.750. The highest BCUT2D eigenvalue weighted by molar-refractivity contribution is 8.13. The van der Waals surface area contributed by atoms with Crippen molar-refractivity contribution in [3.05, 3.63) is 0 Å². The Balaban J connectivity index is 2.40. The van der Waals surface area contributed by atoms with E-state index < -0.39 is 0 Å². The van der Waals surface area contributed by atoms with Gasteiger partial charge in [-0.3, -0.25) is 4.99 Å². The normalized spacial score (nSPS) is 21.6. The second kappa shape index (κ2) is 2.33. The first-order valence-electron chi connectivity index (χ1n) is 2.11. The molecule has 0 saturated heterocycles. The van der Waals surface area contributed by atoms with Crippen LogP contribution in [0.2, 0.25) is 0 Å². The Bertz CT molecular complexity index is 91.7. The first kappa shape index (κ1) is 5.12. The lowest BCUT2D eigenvalue weighted by Crippen LogP contribution is -2.01. The molecule has 0 atom stereocenters. The summed E-state index contributed by atoms with van der Waals surface area (Å²) in [5, 5.41) is 1.13. The van der Waals surface area contributed by atoms with Gasteiger partial charge in [0.15, 0.2) is 0 Å². The van der Waals surface area contributed by atoms with Gasteiger partial charge in [-0.25, -0.2) is 0 Å². The Morgan fingerprint density at radius 3 is 3.00 bits per heavy atom. The molecule has 1 rings (SSSR count). The molecular formula is C4H7NOS. The van der Waals surface area contributed by atoms with Crippen LogP contribution in [0, 0.1) is 0 Å². The fourth-order valence-corrected chi connectivity index (χ4v) is 0.819. The summed E-state index contributed by atoms with van der Waals surface area (Å²) in [7, 11) is 0. The van der Waals surface area contributed by atoms with Gasteiger partial charge in [0.25, 0.3) is 0 Å². The van der Waals surface area contributed by atoms with Gasteiger partial charge in [0.2, 0.25) is 0 Å². The van der Waals surface area contributed by atoms with E-state index in [9.17, 15) is 0 Å². The maximum atomic E-state index is 4.92. The second-order valence-electron chi connectivity index (χ2n) is 1.27. The smallest absolute Gasteiger partial charge is 0.139 e. The molecule has 0 saturated carbocycles. The van der Waals surface area contributed by atoms with Gasteiger partial charge in [0, 0.05) is 0 Å². The van der Waals surface area contributed by atoms with Crippen molar-refractivity contribution in [2.75, 3.05) is 12.7 Å². The summed E-state index contributed by atoms with van der Waals surface area (Å²) in [6, 6.07) is 0. The molecule has 0 spiro atoms. The Morgan fingerprint density at radius 1 is 1.86 bits per heavy atom. The number of hydrogen-bond donors (Lipinski definition) is 0. The van der Waals surface area contributed by atoms with Crippen LogP contribution in [0.5, 0.6) is 0 Å². The van der Waals surface area contributed by atoms with Gasteiger partial charge in [-0.05, 0) is 6.92 Å². The van der Waals surface area contributed by atoms with Gasteiger partial charge in [-0.2, -0.15) is 0 Å². The van der Waals surface area contributed by atoms with Crippen molar-refractivity contribution in [2.45, 2.75) is 6.92 Å². The maximum Gasteiger partial charge on any atom is 0.139 e. The average molecular weight is 117 g/mol. The fourth-order valence-electron chi connectivity index (χ4n) is 0.346. The zero-order chi connectivity index (χ0) is 5.11. The van der Waals surface area contributed by atoms with Crippen molar-refractivity contribution >= 4 is 16.8 Å². The number of nitrogens with zero attached hydrogens (tertiary/aromatic N) is 1. The van der Waals surface area contributed by atoms with E-state index in [4.69, 9.17) is 4.74 Å². The molecule has 0 bridgehead atoms. The molecule has 3 heteroatoms. The molecule has 0 fully saturated rings. The summed E-state index contributed by atoms with van der Waals surface area (Å²) in [6.07, 6.45) is 0. The molecule has 0 radical (unpaired) electrons. The van der Waals surface area contributed by atoms with E-state index in [2.05, 4.69) is 4.99 Å². The first-order valence-corrected chi connectivity index (χ1v) is 3.10. The highest BCUT2D eigenvalue weighted by Gasteiger charge is 1.96. The van der Waals surface area contributed by atoms with Crippen LogP contribution in [0.15, 0.2) is 4.99 Å². The van der Waals surface area contributed by atoms with Crippen LogP contribution in [0.4, 0.5) is 0 Å². The van der Waals surface area contributed by atoms with Gasteiger partial charge >= 0.3 is 0 Å². The minimum atomic E-state index is 0.554. The number of aliphatic imine (C=N–C) groups is 1. The minimum absolute atomic E-state index is 0.554. The number of ether oxygens (including phenoxy) is 1. The molecule has 0 N–H and O–H groups in total. The molecule has 1 heterocycles. The predicted octanol–water partition coefficient (Wildman–Crippen LogP) is 1.08. The zero-order valence-corrected chi connectivity index (χ0v) is 4.99. The molecule has 0 unspecified atom stereocenters. The summed E-state index contributed by atoms with van der Waals surface area (Å²) < 4.78 is 4.92. The summed E-state index contributed by atoms with van der Waals surface area (Å²) in [6.45, 7) is 2.55. The van der Waals surface area contributed by atoms with E-state index in [0.717, 1.165) is 11.0 Å². The standard InChI is InChI=1S/C4H7NOS/c1-4-5-2-6-3-7-4/h2-3H2,1H3. The third-order valence-corrected chi connectivity index (χ3v) is 1.56. The largest absolute Gasteiger partial charge is 0.348 e. The predicted molar refractivity (Wildman–Crippen MR) is 31.5 cm³/mol. The van der Waals surface area contributed by atoms with Crippen LogP contribution in [-0.4, -0.2) is 17.7 Å². The quantitative estimate of drug-likeness (QED) is 0.473. The average Bonchev–Trinajstić information content (AvgIpc) is 1.69. The van der Waals surface area contributed by atoms with E-state index in [1.54, 1.807) is 11.8 Å². The van der Waals surface area contributed by atoms with Gasteiger partial charge in [-0.15, -0.1) is 0 Å². The van der Waals surface area contributed by atoms with Crippen molar-refractivity contribution in [1.29, 1.82) is 0 Å². The maximum absolute atomic E-state index is 4.92. The van der Waals surface area contributed by atoms with Crippen molar-refractivity contribution in [1.82, 2.24) is 0 Å². The van der Waals surface area contributed by atoms with Crippen molar-refractivity contribution in [3.8, 4) is 0 Å². The van der Waals surface area contributed by atoms with E-state index in [1.807, 2.05) is 6.92 Å². The first-order chi connectivity index (χ1) is 3.39. The molecule has 1 aliphatic rings. The minimum Gasteiger partial charge on any atom is -0.348 e. The van der Waals surface area contributed by atoms with Crippen LogP contribution >= 0.6 is 11.8 Å². The number of rotatable bonds is 0. The molecule has 0 amide bonds. The number of thioether (sulfide) groups is 1. The van der Waals surface area contributed by atoms with Crippen LogP contribution in [0.25, 0.3) is 0 Å². The third-order valence-electron chi connectivity index (χ3n) is 0.730. The van der Waals surface area contributed by atoms with E-state index in [1.165, 1.54) is 0 Å².